The summed E-state index contributed by atoms with van der Waals surface area (Å²) in [6.07, 6.45) is 0.962. The van der Waals surface area contributed by atoms with E-state index in [0.29, 0.717) is 0 Å². The maximum atomic E-state index is 5.78. The molecular formula is C13H21N. The van der Waals surface area contributed by atoms with Crippen LogP contribution >= 0.6 is 0 Å². The average Bonchev–Trinajstić information content (AvgIpc) is 2.01. The lowest BCUT2D eigenvalue weighted by atomic mass is 9.86. The van der Waals surface area contributed by atoms with E-state index < -0.39 is 0 Å². The number of hydrogen-bond acceptors (Lipinski definition) is 1. The molecule has 0 radical (unpaired) electrons. The van der Waals surface area contributed by atoms with Crippen LogP contribution in [-0.4, -0.2) is 6.04 Å². The van der Waals surface area contributed by atoms with E-state index in [-0.39, 0.29) is 11.5 Å². The van der Waals surface area contributed by atoms with Gasteiger partial charge in [0.2, 0.25) is 0 Å². The summed E-state index contributed by atoms with van der Waals surface area (Å²) in [6.45, 7) is 8.75. The Morgan fingerprint density at radius 1 is 1.29 bits per heavy atom. The number of rotatable bonds is 2. The van der Waals surface area contributed by atoms with Gasteiger partial charge in [0.15, 0.2) is 0 Å². The molecule has 1 nitrogen and oxygen atoms in total. The second kappa shape index (κ2) is 4.14. The van der Waals surface area contributed by atoms with E-state index in [1.165, 1.54) is 11.1 Å². The van der Waals surface area contributed by atoms with Crippen molar-refractivity contribution in [2.45, 2.75) is 45.6 Å². The Hall–Kier alpha value is -0.820. The second-order valence-corrected chi connectivity index (χ2v) is 5.13. The van der Waals surface area contributed by atoms with E-state index in [0.717, 1.165) is 6.42 Å². The zero-order chi connectivity index (χ0) is 10.8. The molecule has 1 rings (SSSR count). The quantitative estimate of drug-likeness (QED) is 0.764. The van der Waals surface area contributed by atoms with Gasteiger partial charge in [-0.2, -0.15) is 0 Å². The number of nitrogens with two attached hydrogens (primary N) is 1. The number of benzene rings is 1. The van der Waals surface area contributed by atoms with Crippen LogP contribution in [0.2, 0.25) is 0 Å². The van der Waals surface area contributed by atoms with Crippen LogP contribution < -0.4 is 5.73 Å². The Morgan fingerprint density at radius 3 is 2.43 bits per heavy atom. The molecule has 0 saturated heterocycles. The van der Waals surface area contributed by atoms with Crippen molar-refractivity contribution in [3.8, 4) is 0 Å². The van der Waals surface area contributed by atoms with Crippen molar-refractivity contribution in [1.82, 2.24) is 0 Å². The second-order valence-electron chi connectivity index (χ2n) is 5.13. The lowest BCUT2D eigenvalue weighted by Crippen LogP contribution is -2.18. The van der Waals surface area contributed by atoms with E-state index in [4.69, 9.17) is 5.73 Å². The van der Waals surface area contributed by atoms with Crippen LogP contribution in [0.4, 0.5) is 0 Å². The topological polar surface area (TPSA) is 26.0 Å². The monoisotopic (exact) mass is 191 g/mol. The van der Waals surface area contributed by atoms with Gasteiger partial charge in [-0.15, -0.1) is 0 Å². The first-order valence-electron chi connectivity index (χ1n) is 5.24. The first kappa shape index (κ1) is 11.3. The third-order valence-corrected chi connectivity index (χ3v) is 2.35. The summed E-state index contributed by atoms with van der Waals surface area (Å²) in [4.78, 5) is 0. The molecule has 0 spiro atoms. The van der Waals surface area contributed by atoms with Gasteiger partial charge in [-0.3, -0.25) is 0 Å². The van der Waals surface area contributed by atoms with Crippen molar-refractivity contribution in [3.63, 3.8) is 0 Å². The average molecular weight is 191 g/mol. The van der Waals surface area contributed by atoms with E-state index in [9.17, 15) is 0 Å². The highest BCUT2D eigenvalue weighted by atomic mass is 14.6. The van der Waals surface area contributed by atoms with E-state index in [2.05, 4.69) is 45.0 Å². The van der Waals surface area contributed by atoms with Gasteiger partial charge in [0.25, 0.3) is 0 Å². The molecule has 0 heterocycles. The lowest BCUT2D eigenvalue weighted by Gasteiger charge is -2.20. The fraction of sp³-hybridized carbons (Fsp3) is 0.538. The van der Waals surface area contributed by atoms with Crippen molar-refractivity contribution in [3.05, 3.63) is 35.4 Å². The summed E-state index contributed by atoms with van der Waals surface area (Å²) in [5.74, 6) is 0. The summed E-state index contributed by atoms with van der Waals surface area (Å²) in [5, 5.41) is 0. The maximum absolute atomic E-state index is 5.78. The van der Waals surface area contributed by atoms with Crippen LogP contribution in [-0.2, 0) is 11.8 Å². The van der Waals surface area contributed by atoms with Crippen molar-refractivity contribution >= 4 is 0 Å². The highest BCUT2D eigenvalue weighted by Crippen LogP contribution is 2.23. The number of hydrogen-bond donors (Lipinski definition) is 1. The Bertz CT molecular complexity index is 294. The van der Waals surface area contributed by atoms with E-state index in [1.54, 1.807) is 0 Å². The highest BCUT2D eigenvalue weighted by Gasteiger charge is 2.13. The first-order valence-corrected chi connectivity index (χ1v) is 5.24. The molecule has 14 heavy (non-hydrogen) atoms. The van der Waals surface area contributed by atoms with Gasteiger partial charge in [0.05, 0.1) is 0 Å². The van der Waals surface area contributed by atoms with Crippen LogP contribution in [0.15, 0.2) is 24.3 Å². The minimum atomic E-state index is 0.230. The zero-order valence-corrected chi connectivity index (χ0v) is 9.67. The molecule has 1 heteroatoms. The van der Waals surface area contributed by atoms with Crippen LogP contribution in [0.1, 0.15) is 38.8 Å². The molecule has 0 bridgehead atoms. The van der Waals surface area contributed by atoms with Gasteiger partial charge >= 0.3 is 0 Å². The predicted molar refractivity (Wildman–Crippen MR) is 62.5 cm³/mol. The Morgan fingerprint density at radius 2 is 1.93 bits per heavy atom. The molecule has 0 amide bonds. The molecular weight excluding hydrogens is 170 g/mol. The van der Waals surface area contributed by atoms with Gasteiger partial charge in [0.1, 0.15) is 0 Å². The SMILES string of the molecule is C[C@@H](N)Cc1cccc(C(C)(C)C)c1. The van der Waals surface area contributed by atoms with Crippen molar-refractivity contribution in [2.24, 2.45) is 5.73 Å². The smallest absolute Gasteiger partial charge is 0.00509 e. The standard InChI is InChI=1S/C13H21N/c1-10(14)8-11-6-5-7-12(9-11)13(2,3)4/h5-7,9-10H,8,14H2,1-4H3/t10-/m1/s1. The van der Waals surface area contributed by atoms with Crippen LogP contribution in [0.5, 0.6) is 0 Å². The zero-order valence-electron chi connectivity index (χ0n) is 9.67. The van der Waals surface area contributed by atoms with Crippen LogP contribution in [0.3, 0.4) is 0 Å². The molecule has 0 saturated carbocycles. The molecule has 1 aromatic rings. The minimum Gasteiger partial charge on any atom is -0.328 e. The van der Waals surface area contributed by atoms with Crippen molar-refractivity contribution < 1.29 is 0 Å². The van der Waals surface area contributed by atoms with Gasteiger partial charge < -0.3 is 5.73 Å². The third-order valence-electron chi connectivity index (χ3n) is 2.35. The van der Waals surface area contributed by atoms with Gasteiger partial charge in [-0.05, 0) is 29.9 Å². The molecule has 0 aromatic heterocycles. The minimum absolute atomic E-state index is 0.230. The molecule has 0 aliphatic carbocycles. The largest absolute Gasteiger partial charge is 0.328 e. The summed E-state index contributed by atoms with van der Waals surface area (Å²) >= 11 is 0. The van der Waals surface area contributed by atoms with Gasteiger partial charge in [-0.25, -0.2) is 0 Å². The molecule has 2 N–H and O–H groups in total. The molecule has 0 aliphatic heterocycles. The normalized spacial score (nSPS) is 14.1. The lowest BCUT2D eigenvalue weighted by molar-refractivity contribution is 0.588. The fourth-order valence-electron chi connectivity index (χ4n) is 1.54. The molecule has 0 aliphatic rings. The van der Waals surface area contributed by atoms with E-state index in [1.807, 2.05) is 6.92 Å². The van der Waals surface area contributed by atoms with Crippen LogP contribution in [0, 0.1) is 0 Å². The van der Waals surface area contributed by atoms with Crippen molar-refractivity contribution in [1.29, 1.82) is 0 Å². The maximum Gasteiger partial charge on any atom is 0.00509 e. The summed E-state index contributed by atoms with van der Waals surface area (Å²) in [5.41, 5.74) is 8.74. The summed E-state index contributed by atoms with van der Waals surface area (Å²) in [7, 11) is 0. The molecule has 0 fully saturated rings. The molecule has 1 aromatic carbocycles. The molecule has 0 unspecified atom stereocenters. The van der Waals surface area contributed by atoms with E-state index >= 15 is 0 Å². The highest BCUT2D eigenvalue weighted by molar-refractivity contribution is 5.28. The Balaban J connectivity index is 2.90. The molecule has 78 valence electrons. The third kappa shape index (κ3) is 3.15. The van der Waals surface area contributed by atoms with Crippen molar-refractivity contribution in [2.75, 3.05) is 0 Å². The summed E-state index contributed by atoms with van der Waals surface area (Å²) in [6, 6.07) is 8.97. The Labute approximate surface area is 87.3 Å². The van der Waals surface area contributed by atoms with Gasteiger partial charge in [0, 0.05) is 6.04 Å². The predicted octanol–water partition coefficient (Wildman–Crippen LogP) is 2.87. The fourth-order valence-corrected chi connectivity index (χ4v) is 1.54. The Kier molecular flexibility index (Phi) is 3.33. The first-order chi connectivity index (χ1) is 6.39. The molecule has 1 atom stereocenters. The summed E-state index contributed by atoms with van der Waals surface area (Å²) < 4.78 is 0. The van der Waals surface area contributed by atoms with Gasteiger partial charge in [-0.1, -0.05) is 45.0 Å². The van der Waals surface area contributed by atoms with Crippen LogP contribution in [0.25, 0.3) is 0 Å².